The fraction of sp³-hybridized carbons (Fsp3) is 0.133. The summed E-state index contributed by atoms with van der Waals surface area (Å²) in [5, 5.41) is 12.4. The molecular formula is C15H14ClNO2. The minimum Gasteiger partial charge on any atom is -0.392 e. The number of aliphatic hydroxyl groups is 1. The Morgan fingerprint density at radius 3 is 2.47 bits per heavy atom. The van der Waals surface area contributed by atoms with Gasteiger partial charge in [0.15, 0.2) is 0 Å². The van der Waals surface area contributed by atoms with Crippen molar-refractivity contribution in [1.29, 1.82) is 0 Å². The molecule has 2 N–H and O–H groups in total. The number of anilines is 1. The molecule has 2 aromatic rings. The van der Waals surface area contributed by atoms with Gasteiger partial charge in [0.1, 0.15) is 0 Å². The van der Waals surface area contributed by atoms with Crippen molar-refractivity contribution in [1.82, 2.24) is 0 Å². The maximum absolute atomic E-state index is 12.0. The molecule has 98 valence electrons. The van der Waals surface area contributed by atoms with Crippen LogP contribution in [0.15, 0.2) is 42.5 Å². The summed E-state index contributed by atoms with van der Waals surface area (Å²) in [5.74, 6) is -0.185. The third kappa shape index (κ3) is 3.34. The van der Waals surface area contributed by atoms with Crippen molar-refractivity contribution in [2.45, 2.75) is 13.5 Å². The summed E-state index contributed by atoms with van der Waals surface area (Å²) in [6.45, 7) is 1.86. The summed E-state index contributed by atoms with van der Waals surface area (Å²) in [7, 11) is 0. The molecule has 0 saturated heterocycles. The van der Waals surface area contributed by atoms with Gasteiger partial charge in [-0.1, -0.05) is 23.7 Å². The fourth-order valence-corrected chi connectivity index (χ4v) is 1.95. The zero-order chi connectivity index (χ0) is 13.8. The SMILES string of the molecule is Cc1cc(Cl)ccc1NC(=O)c1ccc(CO)cc1. The van der Waals surface area contributed by atoms with Crippen LogP contribution in [0, 0.1) is 6.92 Å². The standard InChI is InChI=1S/C15H14ClNO2/c1-10-8-13(16)6-7-14(10)17-15(19)12-4-2-11(9-18)3-5-12/h2-8,18H,9H2,1H3,(H,17,19). The number of hydrogen-bond acceptors (Lipinski definition) is 2. The molecule has 1 amide bonds. The number of carbonyl (C=O) groups is 1. The van der Waals surface area contributed by atoms with E-state index in [2.05, 4.69) is 5.32 Å². The van der Waals surface area contributed by atoms with Crippen molar-refractivity contribution in [2.75, 3.05) is 5.32 Å². The molecule has 0 saturated carbocycles. The Morgan fingerprint density at radius 2 is 1.89 bits per heavy atom. The molecule has 0 heterocycles. The third-order valence-corrected chi connectivity index (χ3v) is 3.07. The molecule has 0 bridgehead atoms. The lowest BCUT2D eigenvalue weighted by Crippen LogP contribution is -2.12. The predicted octanol–water partition coefficient (Wildman–Crippen LogP) is 3.39. The van der Waals surface area contributed by atoms with Crippen LogP contribution in [0.3, 0.4) is 0 Å². The number of hydrogen-bond donors (Lipinski definition) is 2. The lowest BCUT2D eigenvalue weighted by molar-refractivity contribution is 0.102. The van der Waals surface area contributed by atoms with E-state index < -0.39 is 0 Å². The highest BCUT2D eigenvalue weighted by Crippen LogP contribution is 2.20. The minimum absolute atomic E-state index is 0.0296. The molecular weight excluding hydrogens is 262 g/mol. The molecule has 0 aliphatic carbocycles. The highest BCUT2D eigenvalue weighted by molar-refractivity contribution is 6.30. The van der Waals surface area contributed by atoms with Gasteiger partial charge in [-0.3, -0.25) is 4.79 Å². The predicted molar refractivity (Wildman–Crippen MR) is 76.5 cm³/mol. The first-order chi connectivity index (χ1) is 9.10. The molecule has 4 heteroatoms. The Kier molecular flexibility index (Phi) is 4.20. The number of nitrogens with one attached hydrogen (secondary N) is 1. The van der Waals surface area contributed by atoms with Crippen molar-refractivity contribution < 1.29 is 9.90 Å². The van der Waals surface area contributed by atoms with E-state index in [0.29, 0.717) is 10.6 Å². The lowest BCUT2D eigenvalue weighted by Gasteiger charge is -2.09. The summed E-state index contributed by atoms with van der Waals surface area (Å²) >= 11 is 5.87. The third-order valence-electron chi connectivity index (χ3n) is 2.84. The number of amides is 1. The molecule has 0 atom stereocenters. The summed E-state index contributed by atoms with van der Waals surface area (Å²) in [6, 6.07) is 12.1. The van der Waals surface area contributed by atoms with Crippen molar-refractivity contribution in [2.24, 2.45) is 0 Å². The topological polar surface area (TPSA) is 49.3 Å². The number of aliphatic hydroxyl groups excluding tert-OH is 1. The highest BCUT2D eigenvalue weighted by atomic mass is 35.5. The van der Waals surface area contributed by atoms with E-state index in [0.717, 1.165) is 16.8 Å². The van der Waals surface area contributed by atoms with Gasteiger partial charge in [0, 0.05) is 16.3 Å². The van der Waals surface area contributed by atoms with Crippen LogP contribution >= 0.6 is 11.6 Å². The van der Waals surface area contributed by atoms with Crippen molar-refractivity contribution in [3.63, 3.8) is 0 Å². The molecule has 0 unspecified atom stereocenters. The van der Waals surface area contributed by atoms with E-state index in [1.807, 2.05) is 6.92 Å². The van der Waals surface area contributed by atoms with Crippen molar-refractivity contribution >= 4 is 23.2 Å². The van der Waals surface area contributed by atoms with Crippen LogP contribution in [0.4, 0.5) is 5.69 Å². The smallest absolute Gasteiger partial charge is 0.255 e. The molecule has 0 spiro atoms. The van der Waals surface area contributed by atoms with Gasteiger partial charge in [-0.05, 0) is 48.4 Å². The molecule has 0 radical (unpaired) electrons. The maximum Gasteiger partial charge on any atom is 0.255 e. The Bertz CT molecular complexity index is 594. The average molecular weight is 276 g/mol. The second kappa shape index (κ2) is 5.87. The van der Waals surface area contributed by atoms with Crippen LogP contribution in [0.5, 0.6) is 0 Å². The molecule has 2 rings (SSSR count). The van der Waals surface area contributed by atoms with E-state index in [9.17, 15) is 4.79 Å². The van der Waals surface area contributed by atoms with Crippen LogP contribution in [-0.2, 0) is 6.61 Å². The zero-order valence-corrected chi connectivity index (χ0v) is 11.2. The van der Waals surface area contributed by atoms with Gasteiger partial charge in [-0.2, -0.15) is 0 Å². The fourth-order valence-electron chi connectivity index (χ4n) is 1.72. The first-order valence-electron chi connectivity index (χ1n) is 5.87. The van der Waals surface area contributed by atoms with E-state index in [1.54, 1.807) is 42.5 Å². The Morgan fingerprint density at radius 1 is 1.21 bits per heavy atom. The molecule has 0 fully saturated rings. The van der Waals surface area contributed by atoms with Crippen LogP contribution in [0.1, 0.15) is 21.5 Å². The van der Waals surface area contributed by atoms with E-state index >= 15 is 0 Å². The Labute approximate surface area is 116 Å². The summed E-state index contributed by atoms with van der Waals surface area (Å²) < 4.78 is 0. The van der Waals surface area contributed by atoms with Gasteiger partial charge < -0.3 is 10.4 Å². The van der Waals surface area contributed by atoms with Crippen molar-refractivity contribution in [3.8, 4) is 0 Å². The van der Waals surface area contributed by atoms with E-state index in [-0.39, 0.29) is 12.5 Å². The van der Waals surface area contributed by atoms with Crippen LogP contribution in [0.25, 0.3) is 0 Å². The molecule has 0 aliphatic rings. The van der Waals surface area contributed by atoms with Gasteiger partial charge >= 0.3 is 0 Å². The Hall–Kier alpha value is -1.84. The zero-order valence-electron chi connectivity index (χ0n) is 10.5. The van der Waals surface area contributed by atoms with Gasteiger partial charge in [0.25, 0.3) is 5.91 Å². The Balaban J connectivity index is 2.15. The lowest BCUT2D eigenvalue weighted by atomic mass is 10.1. The summed E-state index contributed by atoms with van der Waals surface area (Å²) in [4.78, 5) is 12.0. The maximum atomic E-state index is 12.0. The number of halogens is 1. The molecule has 3 nitrogen and oxygen atoms in total. The normalized spacial score (nSPS) is 10.3. The van der Waals surface area contributed by atoms with Gasteiger partial charge in [-0.15, -0.1) is 0 Å². The summed E-state index contributed by atoms with van der Waals surface area (Å²) in [5.41, 5.74) is 2.97. The minimum atomic E-state index is -0.185. The van der Waals surface area contributed by atoms with Gasteiger partial charge in [0.2, 0.25) is 0 Å². The number of carbonyl (C=O) groups excluding carboxylic acids is 1. The van der Waals surface area contributed by atoms with E-state index in [1.165, 1.54) is 0 Å². The summed E-state index contributed by atoms with van der Waals surface area (Å²) in [6.07, 6.45) is 0. The molecule has 0 aliphatic heterocycles. The largest absolute Gasteiger partial charge is 0.392 e. The first-order valence-corrected chi connectivity index (χ1v) is 6.25. The second-order valence-electron chi connectivity index (χ2n) is 4.27. The van der Waals surface area contributed by atoms with Gasteiger partial charge in [-0.25, -0.2) is 0 Å². The van der Waals surface area contributed by atoms with Crippen molar-refractivity contribution in [3.05, 3.63) is 64.2 Å². The number of aryl methyl sites for hydroxylation is 1. The first kappa shape index (κ1) is 13.6. The quantitative estimate of drug-likeness (QED) is 0.902. The average Bonchev–Trinajstić information content (AvgIpc) is 2.42. The molecule has 2 aromatic carbocycles. The van der Waals surface area contributed by atoms with Crippen LogP contribution in [-0.4, -0.2) is 11.0 Å². The molecule has 0 aromatic heterocycles. The van der Waals surface area contributed by atoms with Crippen LogP contribution in [0.2, 0.25) is 5.02 Å². The second-order valence-corrected chi connectivity index (χ2v) is 4.70. The molecule has 19 heavy (non-hydrogen) atoms. The van der Waals surface area contributed by atoms with Crippen LogP contribution < -0.4 is 5.32 Å². The number of benzene rings is 2. The van der Waals surface area contributed by atoms with E-state index in [4.69, 9.17) is 16.7 Å². The highest BCUT2D eigenvalue weighted by Gasteiger charge is 2.07. The number of rotatable bonds is 3. The van der Waals surface area contributed by atoms with Gasteiger partial charge in [0.05, 0.1) is 6.61 Å². The monoisotopic (exact) mass is 275 g/mol.